The maximum Gasteiger partial charge on any atom is 0.222 e. The predicted octanol–water partition coefficient (Wildman–Crippen LogP) is 0.890. The number of methoxy groups -OCH3 is 1. The van der Waals surface area contributed by atoms with Crippen molar-refractivity contribution >= 4 is 11.8 Å². The van der Waals surface area contributed by atoms with E-state index in [1.807, 2.05) is 13.8 Å². The molecule has 0 aliphatic carbocycles. The van der Waals surface area contributed by atoms with Crippen LogP contribution < -0.4 is 5.32 Å². The summed E-state index contributed by atoms with van der Waals surface area (Å²) in [5, 5.41) is 2.58. The largest absolute Gasteiger partial charge is 0.385 e. The van der Waals surface area contributed by atoms with Crippen molar-refractivity contribution in [2.45, 2.75) is 27.2 Å². The molecule has 102 valence electrons. The highest BCUT2D eigenvalue weighted by atomic mass is 16.5. The number of hydrogen-bond donors (Lipinski definition) is 1. The standard InChI is InChI=1S/C9H18N2O2.C3H8O/c1-7(9(13)10-3)5-6-11(4)8(2)12;1-3-4-2/h7H,5-6H2,1-4H3,(H,10,13);3H2,1-2H3. The average Bonchev–Trinajstić information content (AvgIpc) is 2.34. The number of rotatable bonds is 5. The van der Waals surface area contributed by atoms with Gasteiger partial charge in [-0.05, 0) is 13.3 Å². The van der Waals surface area contributed by atoms with E-state index in [-0.39, 0.29) is 17.7 Å². The van der Waals surface area contributed by atoms with Crippen LogP contribution in [0.5, 0.6) is 0 Å². The third-order valence-electron chi connectivity index (χ3n) is 2.42. The summed E-state index contributed by atoms with van der Waals surface area (Å²) in [6.45, 7) is 6.78. The van der Waals surface area contributed by atoms with Crippen LogP contribution in [0.25, 0.3) is 0 Å². The molecule has 0 rings (SSSR count). The third-order valence-corrected chi connectivity index (χ3v) is 2.42. The summed E-state index contributed by atoms with van der Waals surface area (Å²) in [5.41, 5.74) is 0. The molecule has 0 radical (unpaired) electrons. The summed E-state index contributed by atoms with van der Waals surface area (Å²) in [6, 6.07) is 0. The van der Waals surface area contributed by atoms with Gasteiger partial charge in [-0.1, -0.05) is 6.92 Å². The lowest BCUT2D eigenvalue weighted by Gasteiger charge is -2.17. The predicted molar refractivity (Wildman–Crippen MR) is 68.7 cm³/mol. The van der Waals surface area contributed by atoms with Gasteiger partial charge in [0.25, 0.3) is 0 Å². The van der Waals surface area contributed by atoms with Gasteiger partial charge >= 0.3 is 0 Å². The van der Waals surface area contributed by atoms with Crippen molar-refractivity contribution in [2.24, 2.45) is 5.92 Å². The smallest absolute Gasteiger partial charge is 0.222 e. The van der Waals surface area contributed by atoms with Crippen molar-refractivity contribution in [3.05, 3.63) is 0 Å². The summed E-state index contributed by atoms with van der Waals surface area (Å²) >= 11 is 0. The molecular formula is C12H26N2O3. The van der Waals surface area contributed by atoms with Crippen LogP contribution in [0, 0.1) is 5.92 Å². The Hall–Kier alpha value is -1.10. The molecule has 0 heterocycles. The molecule has 0 aliphatic rings. The van der Waals surface area contributed by atoms with E-state index in [4.69, 9.17) is 0 Å². The lowest BCUT2D eigenvalue weighted by Crippen LogP contribution is -2.31. The average molecular weight is 246 g/mol. The summed E-state index contributed by atoms with van der Waals surface area (Å²) in [7, 11) is 5.03. The first kappa shape index (κ1) is 18.3. The van der Waals surface area contributed by atoms with Gasteiger partial charge < -0.3 is 15.0 Å². The molecule has 0 aromatic carbocycles. The van der Waals surface area contributed by atoms with E-state index in [1.54, 1.807) is 26.1 Å². The fourth-order valence-electron chi connectivity index (χ4n) is 0.922. The highest BCUT2D eigenvalue weighted by molar-refractivity contribution is 5.78. The molecule has 0 spiro atoms. The summed E-state index contributed by atoms with van der Waals surface area (Å²) in [4.78, 5) is 23.5. The number of ether oxygens (including phenoxy) is 1. The molecule has 17 heavy (non-hydrogen) atoms. The van der Waals surface area contributed by atoms with Gasteiger partial charge in [0, 0.05) is 47.2 Å². The molecule has 0 saturated carbocycles. The van der Waals surface area contributed by atoms with Gasteiger partial charge in [-0.2, -0.15) is 0 Å². The molecular weight excluding hydrogens is 220 g/mol. The van der Waals surface area contributed by atoms with Gasteiger partial charge in [0.2, 0.25) is 11.8 Å². The minimum absolute atomic E-state index is 0.0250. The molecule has 1 atom stereocenters. The second-order valence-corrected chi connectivity index (χ2v) is 3.82. The highest BCUT2D eigenvalue weighted by Gasteiger charge is 2.12. The normalized spacial score (nSPS) is 10.9. The zero-order chi connectivity index (χ0) is 13.8. The van der Waals surface area contributed by atoms with Crippen molar-refractivity contribution < 1.29 is 14.3 Å². The number of amides is 2. The molecule has 5 nitrogen and oxygen atoms in total. The van der Waals surface area contributed by atoms with Gasteiger partial charge in [-0.25, -0.2) is 0 Å². The first-order valence-corrected chi connectivity index (χ1v) is 5.82. The Morgan fingerprint density at radius 3 is 2.18 bits per heavy atom. The first-order chi connectivity index (χ1) is 7.90. The lowest BCUT2D eigenvalue weighted by molar-refractivity contribution is -0.129. The molecule has 5 heteroatoms. The van der Waals surface area contributed by atoms with Crippen LogP contribution in [-0.2, 0) is 14.3 Å². The monoisotopic (exact) mass is 246 g/mol. The van der Waals surface area contributed by atoms with Gasteiger partial charge in [-0.3, -0.25) is 9.59 Å². The second-order valence-electron chi connectivity index (χ2n) is 3.82. The SMILES string of the molecule is CCOC.CNC(=O)C(C)CCN(C)C(C)=O. The Morgan fingerprint density at radius 1 is 1.41 bits per heavy atom. The van der Waals surface area contributed by atoms with Crippen molar-refractivity contribution in [2.75, 3.05) is 34.4 Å². The zero-order valence-electron chi connectivity index (χ0n) is 11.9. The van der Waals surface area contributed by atoms with Crippen molar-refractivity contribution in [3.8, 4) is 0 Å². The van der Waals surface area contributed by atoms with Crippen LogP contribution in [0.15, 0.2) is 0 Å². The third kappa shape index (κ3) is 11.2. The first-order valence-electron chi connectivity index (χ1n) is 5.82. The Morgan fingerprint density at radius 2 is 1.88 bits per heavy atom. The second kappa shape index (κ2) is 11.4. The van der Waals surface area contributed by atoms with Crippen LogP contribution >= 0.6 is 0 Å². The van der Waals surface area contributed by atoms with E-state index in [1.165, 1.54) is 6.92 Å². The van der Waals surface area contributed by atoms with Crippen LogP contribution in [0.4, 0.5) is 0 Å². The summed E-state index contributed by atoms with van der Waals surface area (Å²) < 4.78 is 4.54. The maximum atomic E-state index is 11.1. The lowest BCUT2D eigenvalue weighted by atomic mass is 10.1. The van der Waals surface area contributed by atoms with Crippen LogP contribution in [0.1, 0.15) is 27.2 Å². The minimum atomic E-state index is -0.0354. The molecule has 0 saturated heterocycles. The number of carbonyl (C=O) groups is 2. The quantitative estimate of drug-likeness (QED) is 0.783. The van der Waals surface area contributed by atoms with Crippen LogP contribution in [0.3, 0.4) is 0 Å². The number of hydrogen-bond acceptors (Lipinski definition) is 3. The Labute approximate surface area is 105 Å². The number of nitrogens with zero attached hydrogens (tertiary/aromatic N) is 1. The number of nitrogens with one attached hydrogen (secondary N) is 1. The van der Waals surface area contributed by atoms with E-state index in [0.29, 0.717) is 13.0 Å². The van der Waals surface area contributed by atoms with E-state index in [0.717, 1.165) is 6.61 Å². The van der Waals surface area contributed by atoms with Crippen LogP contribution in [-0.4, -0.2) is 51.1 Å². The molecule has 0 aromatic rings. The molecule has 2 amide bonds. The summed E-state index contributed by atoms with van der Waals surface area (Å²) in [5.74, 6) is 0.0212. The van der Waals surface area contributed by atoms with Gasteiger partial charge in [-0.15, -0.1) is 0 Å². The fourth-order valence-corrected chi connectivity index (χ4v) is 0.922. The van der Waals surface area contributed by atoms with Crippen molar-refractivity contribution in [1.82, 2.24) is 10.2 Å². The molecule has 0 bridgehead atoms. The Balaban J connectivity index is 0. The van der Waals surface area contributed by atoms with Crippen molar-refractivity contribution in [1.29, 1.82) is 0 Å². The molecule has 0 aromatic heterocycles. The minimum Gasteiger partial charge on any atom is -0.385 e. The van der Waals surface area contributed by atoms with Gasteiger partial charge in [0.15, 0.2) is 0 Å². The molecule has 1 unspecified atom stereocenters. The summed E-state index contributed by atoms with van der Waals surface area (Å²) in [6.07, 6.45) is 0.704. The molecule has 0 aliphatic heterocycles. The molecule has 1 N–H and O–H groups in total. The highest BCUT2D eigenvalue weighted by Crippen LogP contribution is 2.02. The van der Waals surface area contributed by atoms with E-state index >= 15 is 0 Å². The Bertz CT molecular complexity index is 218. The molecule has 0 fully saturated rings. The number of carbonyl (C=O) groups excluding carboxylic acids is 2. The zero-order valence-corrected chi connectivity index (χ0v) is 11.9. The maximum absolute atomic E-state index is 11.1. The van der Waals surface area contributed by atoms with Gasteiger partial charge in [0.1, 0.15) is 0 Å². The fraction of sp³-hybridized carbons (Fsp3) is 0.833. The van der Waals surface area contributed by atoms with E-state index in [2.05, 4.69) is 10.1 Å². The van der Waals surface area contributed by atoms with Gasteiger partial charge in [0.05, 0.1) is 0 Å². The van der Waals surface area contributed by atoms with Crippen LogP contribution in [0.2, 0.25) is 0 Å². The topological polar surface area (TPSA) is 58.6 Å². The van der Waals surface area contributed by atoms with Crippen molar-refractivity contribution in [3.63, 3.8) is 0 Å². The van der Waals surface area contributed by atoms with E-state index in [9.17, 15) is 9.59 Å². The van der Waals surface area contributed by atoms with E-state index < -0.39 is 0 Å². The Kier molecular flexibility index (Phi) is 12.2.